The predicted octanol–water partition coefficient (Wildman–Crippen LogP) is -0.805. The lowest BCUT2D eigenvalue weighted by molar-refractivity contribution is -0.142. The number of fused-ring (bicyclic) bond motifs is 1. The lowest BCUT2D eigenvalue weighted by atomic mass is 10.0. The normalized spacial score (nSPS) is 18.7. The van der Waals surface area contributed by atoms with Gasteiger partial charge in [0.25, 0.3) is 0 Å². The number of amides is 3. The molecule has 0 aromatic carbocycles. The zero-order valence-electron chi connectivity index (χ0n) is 11.5. The molecule has 0 spiro atoms. The van der Waals surface area contributed by atoms with Gasteiger partial charge in [0.2, 0.25) is 5.91 Å². The topological polar surface area (TPSA) is 141 Å². The van der Waals surface area contributed by atoms with E-state index in [-0.39, 0.29) is 19.4 Å². The second kappa shape index (κ2) is 5.81. The number of nitrogens with zero attached hydrogens (tertiary/aromatic N) is 2. The van der Waals surface area contributed by atoms with Gasteiger partial charge >= 0.3 is 12.0 Å². The molecule has 0 saturated heterocycles. The van der Waals surface area contributed by atoms with Gasteiger partial charge in [0.05, 0.1) is 24.3 Å². The number of primary amides is 1. The predicted molar refractivity (Wildman–Crippen MR) is 71.1 cm³/mol. The molecule has 2 heterocycles. The van der Waals surface area contributed by atoms with Gasteiger partial charge in [-0.1, -0.05) is 0 Å². The SMILES string of the molecule is CC(CC(N)=O)NC(=O)N1Cc2[nH]cnc2CC1C(=O)O. The van der Waals surface area contributed by atoms with Crippen LogP contribution >= 0.6 is 0 Å². The van der Waals surface area contributed by atoms with Crippen molar-refractivity contribution in [2.45, 2.75) is 38.4 Å². The summed E-state index contributed by atoms with van der Waals surface area (Å²) in [5.74, 6) is -1.63. The molecule has 5 N–H and O–H groups in total. The number of aliphatic carboxylic acids is 1. The first-order valence-corrected chi connectivity index (χ1v) is 6.48. The molecule has 0 saturated carbocycles. The number of nitrogens with two attached hydrogens (primary N) is 1. The van der Waals surface area contributed by atoms with E-state index in [0.29, 0.717) is 11.4 Å². The number of H-pyrrole nitrogens is 1. The highest BCUT2D eigenvalue weighted by Gasteiger charge is 2.36. The molecule has 0 bridgehead atoms. The van der Waals surface area contributed by atoms with Crippen LogP contribution in [0.4, 0.5) is 4.79 Å². The largest absolute Gasteiger partial charge is 0.480 e. The van der Waals surface area contributed by atoms with Crippen molar-refractivity contribution in [2.24, 2.45) is 5.73 Å². The third kappa shape index (κ3) is 3.30. The van der Waals surface area contributed by atoms with E-state index in [1.165, 1.54) is 11.2 Å². The maximum absolute atomic E-state index is 12.2. The molecule has 2 rings (SSSR count). The van der Waals surface area contributed by atoms with Gasteiger partial charge in [-0.3, -0.25) is 4.79 Å². The Hall–Kier alpha value is -2.58. The number of rotatable bonds is 4. The van der Waals surface area contributed by atoms with Crippen molar-refractivity contribution in [1.82, 2.24) is 20.2 Å². The number of hydrogen-bond acceptors (Lipinski definition) is 4. The van der Waals surface area contributed by atoms with Crippen molar-refractivity contribution < 1.29 is 19.5 Å². The van der Waals surface area contributed by atoms with E-state index in [4.69, 9.17) is 5.73 Å². The minimum Gasteiger partial charge on any atom is -0.480 e. The molecule has 114 valence electrons. The van der Waals surface area contributed by atoms with Crippen LogP contribution in [0.1, 0.15) is 24.7 Å². The van der Waals surface area contributed by atoms with Crippen LogP contribution in [-0.2, 0) is 22.6 Å². The minimum atomic E-state index is -1.10. The van der Waals surface area contributed by atoms with E-state index in [9.17, 15) is 19.5 Å². The molecular weight excluding hydrogens is 278 g/mol. The molecule has 1 aromatic heterocycles. The lowest BCUT2D eigenvalue weighted by Gasteiger charge is -2.33. The summed E-state index contributed by atoms with van der Waals surface area (Å²) in [6, 6.07) is -1.99. The highest BCUT2D eigenvalue weighted by molar-refractivity contribution is 5.84. The number of carboxylic acid groups (broad SMARTS) is 1. The highest BCUT2D eigenvalue weighted by Crippen LogP contribution is 2.21. The van der Waals surface area contributed by atoms with E-state index >= 15 is 0 Å². The van der Waals surface area contributed by atoms with Crippen molar-refractivity contribution in [2.75, 3.05) is 0 Å². The van der Waals surface area contributed by atoms with Crippen molar-refractivity contribution in [1.29, 1.82) is 0 Å². The number of carbonyl (C=O) groups excluding carboxylic acids is 2. The molecule has 2 unspecified atom stereocenters. The number of urea groups is 1. The van der Waals surface area contributed by atoms with Crippen LogP contribution in [0.3, 0.4) is 0 Å². The molecule has 1 aliphatic rings. The Balaban J connectivity index is 2.11. The smallest absolute Gasteiger partial charge is 0.326 e. The van der Waals surface area contributed by atoms with Crippen LogP contribution in [0.25, 0.3) is 0 Å². The average Bonchev–Trinajstić information content (AvgIpc) is 2.82. The maximum Gasteiger partial charge on any atom is 0.326 e. The van der Waals surface area contributed by atoms with Gasteiger partial charge in [0, 0.05) is 18.9 Å². The first kappa shape index (κ1) is 14.8. The summed E-state index contributed by atoms with van der Waals surface area (Å²) in [6.45, 7) is 1.76. The lowest BCUT2D eigenvalue weighted by Crippen LogP contribution is -2.54. The van der Waals surface area contributed by atoms with Gasteiger partial charge in [-0.2, -0.15) is 0 Å². The Labute approximate surface area is 120 Å². The monoisotopic (exact) mass is 295 g/mol. The van der Waals surface area contributed by atoms with Gasteiger partial charge in [0.15, 0.2) is 0 Å². The van der Waals surface area contributed by atoms with E-state index in [2.05, 4.69) is 15.3 Å². The average molecular weight is 295 g/mol. The minimum absolute atomic E-state index is 0.00732. The fourth-order valence-corrected chi connectivity index (χ4v) is 2.32. The molecule has 3 amide bonds. The number of aromatic amines is 1. The van der Waals surface area contributed by atoms with Crippen molar-refractivity contribution in [3.63, 3.8) is 0 Å². The fourth-order valence-electron chi connectivity index (χ4n) is 2.32. The first-order valence-electron chi connectivity index (χ1n) is 6.48. The van der Waals surface area contributed by atoms with Crippen LogP contribution in [0, 0.1) is 0 Å². The summed E-state index contributed by atoms with van der Waals surface area (Å²) >= 11 is 0. The van der Waals surface area contributed by atoms with Crippen LogP contribution in [0.15, 0.2) is 6.33 Å². The molecule has 9 heteroatoms. The van der Waals surface area contributed by atoms with E-state index in [1.807, 2.05) is 0 Å². The Morgan fingerprint density at radius 1 is 1.62 bits per heavy atom. The number of aromatic nitrogens is 2. The molecule has 21 heavy (non-hydrogen) atoms. The molecule has 2 atom stereocenters. The Morgan fingerprint density at radius 3 is 2.95 bits per heavy atom. The van der Waals surface area contributed by atoms with E-state index in [0.717, 1.165) is 0 Å². The zero-order chi connectivity index (χ0) is 15.6. The summed E-state index contributed by atoms with van der Waals surface area (Å²) in [4.78, 5) is 42.5. The van der Waals surface area contributed by atoms with Gasteiger partial charge in [-0.25, -0.2) is 14.6 Å². The Morgan fingerprint density at radius 2 is 2.33 bits per heavy atom. The number of carboxylic acids is 1. The fraction of sp³-hybridized carbons (Fsp3) is 0.500. The first-order chi connectivity index (χ1) is 9.88. The molecule has 0 aliphatic carbocycles. The van der Waals surface area contributed by atoms with Crippen molar-refractivity contribution >= 4 is 17.9 Å². The summed E-state index contributed by atoms with van der Waals surface area (Å²) in [6.07, 6.45) is 1.61. The molecule has 0 fully saturated rings. The van der Waals surface area contributed by atoms with Crippen molar-refractivity contribution in [3.8, 4) is 0 Å². The van der Waals surface area contributed by atoms with Crippen LogP contribution < -0.4 is 11.1 Å². The summed E-state index contributed by atoms with van der Waals surface area (Å²) in [5, 5.41) is 11.8. The molecule has 1 aromatic rings. The number of carbonyl (C=O) groups is 3. The third-order valence-electron chi connectivity index (χ3n) is 3.32. The Bertz CT molecular complexity index is 570. The molecule has 0 radical (unpaired) electrons. The van der Waals surface area contributed by atoms with E-state index < -0.39 is 30.0 Å². The van der Waals surface area contributed by atoms with Gasteiger partial charge in [-0.15, -0.1) is 0 Å². The number of imidazole rings is 1. The van der Waals surface area contributed by atoms with Gasteiger partial charge < -0.3 is 26.0 Å². The van der Waals surface area contributed by atoms with Crippen LogP contribution in [0.5, 0.6) is 0 Å². The second-order valence-corrected chi connectivity index (χ2v) is 5.03. The van der Waals surface area contributed by atoms with Gasteiger partial charge in [0.1, 0.15) is 6.04 Å². The second-order valence-electron chi connectivity index (χ2n) is 5.03. The molecule has 1 aliphatic heterocycles. The van der Waals surface area contributed by atoms with Crippen LogP contribution in [-0.4, -0.2) is 50.0 Å². The van der Waals surface area contributed by atoms with Gasteiger partial charge in [-0.05, 0) is 6.92 Å². The highest BCUT2D eigenvalue weighted by atomic mass is 16.4. The summed E-state index contributed by atoms with van der Waals surface area (Å²) in [7, 11) is 0. The third-order valence-corrected chi connectivity index (χ3v) is 3.32. The zero-order valence-corrected chi connectivity index (χ0v) is 11.5. The summed E-state index contributed by atoms with van der Waals surface area (Å²) < 4.78 is 0. The number of nitrogens with one attached hydrogen (secondary N) is 2. The molecule has 9 nitrogen and oxygen atoms in total. The maximum atomic E-state index is 12.2. The summed E-state index contributed by atoms with van der Waals surface area (Å²) in [5.41, 5.74) is 6.42. The number of hydrogen-bond donors (Lipinski definition) is 4. The Kier molecular flexibility index (Phi) is 4.10. The quantitative estimate of drug-likeness (QED) is 0.575. The van der Waals surface area contributed by atoms with E-state index in [1.54, 1.807) is 6.92 Å². The molecular formula is C12H17N5O4. The van der Waals surface area contributed by atoms with Crippen LogP contribution in [0.2, 0.25) is 0 Å². The van der Waals surface area contributed by atoms with Crippen molar-refractivity contribution in [3.05, 3.63) is 17.7 Å². The standard InChI is InChI=1S/C12H17N5O4/c1-6(2-10(13)18)16-12(21)17-4-8-7(14-5-15-8)3-9(17)11(19)20/h5-6,9H,2-4H2,1H3,(H2,13,18)(H,14,15)(H,16,21)(H,19,20).